The van der Waals surface area contributed by atoms with Gasteiger partial charge in [-0.25, -0.2) is 4.98 Å². The molecule has 6 heteroatoms. The van der Waals surface area contributed by atoms with Crippen molar-refractivity contribution in [1.29, 1.82) is 0 Å². The van der Waals surface area contributed by atoms with Crippen LogP contribution in [0.4, 0.5) is 0 Å². The summed E-state index contributed by atoms with van der Waals surface area (Å²) in [4.78, 5) is 23.6. The topological polar surface area (TPSA) is 38.1 Å². The van der Waals surface area contributed by atoms with E-state index < -0.39 is 0 Å². The van der Waals surface area contributed by atoms with Gasteiger partial charge in [0, 0.05) is 30.3 Å². The van der Waals surface area contributed by atoms with Crippen molar-refractivity contribution in [3.05, 3.63) is 87.0 Å². The number of thiophene rings is 1. The second-order valence-corrected chi connectivity index (χ2v) is 11.2. The fourth-order valence-electron chi connectivity index (χ4n) is 4.34. The summed E-state index contributed by atoms with van der Waals surface area (Å²) in [6.45, 7) is 7.24. The highest BCUT2D eigenvalue weighted by molar-refractivity contribution is 7.99. The van der Waals surface area contributed by atoms with E-state index in [1.54, 1.807) is 23.1 Å². The molecule has 0 atom stereocenters. The summed E-state index contributed by atoms with van der Waals surface area (Å²) in [7, 11) is 0. The van der Waals surface area contributed by atoms with Crippen LogP contribution in [0.1, 0.15) is 36.3 Å². The number of fused-ring (bicyclic) bond motifs is 3. The molecular weight excluding hydrogens is 446 g/mol. The zero-order valence-corrected chi connectivity index (χ0v) is 20.8. The zero-order valence-electron chi connectivity index (χ0n) is 19.2. The second-order valence-electron chi connectivity index (χ2n) is 9.03. The highest BCUT2D eigenvalue weighted by atomic mass is 32.2. The van der Waals surface area contributed by atoms with Gasteiger partial charge in [0.05, 0.1) is 11.1 Å². The molecule has 0 radical (unpaired) electrons. The van der Waals surface area contributed by atoms with E-state index in [2.05, 4.69) is 49.1 Å². The quantitative estimate of drug-likeness (QED) is 0.238. The first-order valence-electron chi connectivity index (χ1n) is 11.6. The maximum Gasteiger partial charge on any atom is 0.267 e. The van der Waals surface area contributed by atoms with Gasteiger partial charge in [0.2, 0.25) is 0 Å². The molecule has 5 rings (SSSR count). The first-order chi connectivity index (χ1) is 16.1. The van der Waals surface area contributed by atoms with Crippen molar-refractivity contribution >= 4 is 33.3 Å². The molecule has 4 aromatic rings. The smallest absolute Gasteiger partial charge is 0.267 e. The van der Waals surface area contributed by atoms with Crippen molar-refractivity contribution in [3.8, 4) is 5.69 Å². The molecule has 0 saturated carbocycles. The summed E-state index contributed by atoms with van der Waals surface area (Å²) in [6, 6.07) is 20.6. The Morgan fingerprint density at radius 2 is 1.79 bits per heavy atom. The van der Waals surface area contributed by atoms with Gasteiger partial charge in [-0.05, 0) is 42.0 Å². The summed E-state index contributed by atoms with van der Waals surface area (Å²) < 4.78 is 1.83. The van der Waals surface area contributed by atoms with Crippen LogP contribution in [-0.2, 0) is 19.5 Å². The Labute approximate surface area is 203 Å². The average molecular weight is 476 g/mol. The van der Waals surface area contributed by atoms with Crippen LogP contribution in [0, 0.1) is 5.92 Å². The molecule has 0 bridgehead atoms. The van der Waals surface area contributed by atoms with Crippen LogP contribution >= 0.6 is 23.1 Å². The Morgan fingerprint density at radius 3 is 2.52 bits per heavy atom. The molecule has 170 valence electrons. The number of para-hydroxylation sites is 1. The van der Waals surface area contributed by atoms with Crippen molar-refractivity contribution < 1.29 is 0 Å². The molecular formula is C27H29N3OS2. The predicted octanol–water partition coefficient (Wildman–Crippen LogP) is 6.14. The summed E-state index contributed by atoms with van der Waals surface area (Å²) in [5.74, 6) is 1.58. The highest BCUT2D eigenvalue weighted by Gasteiger charge is 2.25. The minimum Gasteiger partial charge on any atom is -0.294 e. The molecule has 0 spiro atoms. The third-order valence-corrected chi connectivity index (χ3v) is 8.20. The van der Waals surface area contributed by atoms with Crippen LogP contribution in [0.2, 0.25) is 0 Å². The summed E-state index contributed by atoms with van der Waals surface area (Å²) in [6.07, 6.45) is 2.00. The fraction of sp³-hybridized carbons (Fsp3) is 0.333. The van der Waals surface area contributed by atoms with Gasteiger partial charge < -0.3 is 0 Å². The van der Waals surface area contributed by atoms with E-state index in [-0.39, 0.29) is 5.56 Å². The Balaban J connectivity index is 1.53. The Bertz CT molecular complexity index is 1300. The van der Waals surface area contributed by atoms with E-state index in [9.17, 15) is 4.79 Å². The monoisotopic (exact) mass is 475 g/mol. The van der Waals surface area contributed by atoms with Crippen LogP contribution in [-0.4, -0.2) is 26.7 Å². The summed E-state index contributed by atoms with van der Waals surface area (Å²) in [5, 5.41) is 1.63. The van der Waals surface area contributed by atoms with Crippen LogP contribution < -0.4 is 5.56 Å². The first kappa shape index (κ1) is 22.4. The lowest BCUT2D eigenvalue weighted by Crippen LogP contribution is -2.30. The van der Waals surface area contributed by atoms with E-state index in [4.69, 9.17) is 4.98 Å². The van der Waals surface area contributed by atoms with E-state index in [1.165, 1.54) is 16.0 Å². The largest absolute Gasteiger partial charge is 0.294 e. The van der Waals surface area contributed by atoms with Crippen molar-refractivity contribution in [3.63, 3.8) is 0 Å². The van der Waals surface area contributed by atoms with Gasteiger partial charge in [0.15, 0.2) is 5.16 Å². The third kappa shape index (κ3) is 4.79. The van der Waals surface area contributed by atoms with Gasteiger partial charge in [0.1, 0.15) is 4.83 Å². The van der Waals surface area contributed by atoms with Crippen molar-refractivity contribution in [2.75, 3.05) is 12.3 Å². The SMILES string of the molecule is CC(C)CCSc1nc2sc3c(c2c(=O)n1-c1ccccc1)CCN(Cc1ccccc1)C3. The minimum absolute atomic E-state index is 0.0762. The minimum atomic E-state index is 0.0762. The Morgan fingerprint density at radius 1 is 1.06 bits per heavy atom. The number of benzene rings is 2. The number of hydrogen-bond acceptors (Lipinski definition) is 5. The normalized spacial score (nSPS) is 14.2. The lowest BCUT2D eigenvalue weighted by molar-refractivity contribution is 0.249. The third-order valence-electron chi connectivity index (χ3n) is 6.11. The predicted molar refractivity (Wildman–Crippen MR) is 140 cm³/mol. The zero-order chi connectivity index (χ0) is 22.8. The number of aromatic nitrogens is 2. The van der Waals surface area contributed by atoms with E-state index in [1.807, 2.05) is 34.9 Å². The summed E-state index contributed by atoms with van der Waals surface area (Å²) >= 11 is 3.40. The number of hydrogen-bond donors (Lipinski definition) is 0. The molecule has 4 nitrogen and oxygen atoms in total. The lowest BCUT2D eigenvalue weighted by Gasteiger charge is -2.26. The van der Waals surface area contributed by atoms with Crippen LogP contribution in [0.5, 0.6) is 0 Å². The van der Waals surface area contributed by atoms with Crippen LogP contribution in [0.15, 0.2) is 70.6 Å². The summed E-state index contributed by atoms with van der Waals surface area (Å²) in [5.41, 5.74) is 3.51. The fourth-order valence-corrected chi connectivity index (χ4v) is 6.90. The first-order valence-corrected chi connectivity index (χ1v) is 13.4. The molecule has 0 unspecified atom stereocenters. The molecule has 33 heavy (non-hydrogen) atoms. The van der Waals surface area contributed by atoms with Gasteiger partial charge >= 0.3 is 0 Å². The van der Waals surface area contributed by atoms with Crippen molar-refractivity contribution in [1.82, 2.24) is 14.5 Å². The van der Waals surface area contributed by atoms with Crippen molar-refractivity contribution in [2.24, 2.45) is 5.92 Å². The molecule has 0 aliphatic carbocycles. The lowest BCUT2D eigenvalue weighted by atomic mass is 10.0. The molecule has 0 N–H and O–H groups in total. The van der Waals surface area contributed by atoms with Gasteiger partial charge in [-0.1, -0.05) is 74.1 Å². The second kappa shape index (κ2) is 9.84. The van der Waals surface area contributed by atoms with E-state index in [0.717, 1.165) is 59.3 Å². The molecule has 0 fully saturated rings. The maximum atomic E-state index is 13.9. The van der Waals surface area contributed by atoms with Gasteiger partial charge in [-0.15, -0.1) is 11.3 Å². The van der Waals surface area contributed by atoms with Gasteiger partial charge in [0.25, 0.3) is 5.56 Å². The number of thioether (sulfide) groups is 1. The van der Waals surface area contributed by atoms with Crippen LogP contribution in [0.3, 0.4) is 0 Å². The van der Waals surface area contributed by atoms with E-state index in [0.29, 0.717) is 5.92 Å². The highest BCUT2D eigenvalue weighted by Crippen LogP contribution is 2.35. The molecule has 2 aromatic carbocycles. The van der Waals surface area contributed by atoms with Gasteiger partial charge in [-0.3, -0.25) is 14.3 Å². The molecule has 1 aliphatic heterocycles. The molecule has 3 heterocycles. The number of nitrogens with zero attached hydrogens (tertiary/aromatic N) is 3. The molecule has 1 aliphatic rings. The van der Waals surface area contributed by atoms with Gasteiger partial charge in [-0.2, -0.15) is 0 Å². The Kier molecular flexibility index (Phi) is 6.67. The molecule has 2 aromatic heterocycles. The standard InChI is InChI=1S/C27H29N3OS2/c1-19(2)14-16-32-27-28-25-24(26(31)30(27)21-11-7-4-8-12-21)22-13-15-29(18-23(22)33-25)17-20-9-5-3-6-10-20/h3-12,19H,13-18H2,1-2H3. The number of rotatable bonds is 7. The van der Waals surface area contributed by atoms with E-state index >= 15 is 0 Å². The molecule has 0 amide bonds. The molecule has 0 saturated heterocycles. The maximum absolute atomic E-state index is 13.9. The van der Waals surface area contributed by atoms with Crippen LogP contribution in [0.25, 0.3) is 15.9 Å². The average Bonchev–Trinajstić information content (AvgIpc) is 3.18. The van der Waals surface area contributed by atoms with Crippen molar-refractivity contribution in [2.45, 2.75) is 44.9 Å². The Hall–Kier alpha value is -2.41.